The topological polar surface area (TPSA) is 0 Å². The van der Waals surface area contributed by atoms with Crippen LogP contribution in [0.3, 0.4) is 0 Å². The van der Waals surface area contributed by atoms with E-state index in [9.17, 15) is 0 Å². The molecule has 0 amide bonds. The van der Waals surface area contributed by atoms with Crippen molar-refractivity contribution in [3.05, 3.63) is 34.9 Å². The Morgan fingerprint density at radius 3 is 2.69 bits per heavy atom. The lowest BCUT2D eigenvalue weighted by atomic mass is 10.1. The van der Waals surface area contributed by atoms with Crippen LogP contribution in [0.1, 0.15) is 23.1 Å². The van der Waals surface area contributed by atoms with Crippen molar-refractivity contribution >= 4 is 11.6 Å². The number of hydrogen-bond acceptors (Lipinski definition) is 0. The van der Waals surface area contributed by atoms with Gasteiger partial charge in [0.05, 0.1) is 0 Å². The van der Waals surface area contributed by atoms with Crippen LogP contribution >= 0.6 is 11.6 Å². The highest BCUT2D eigenvalue weighted by Gasteiger charge is 1.93. The molecule has 1 aromatic carbocycles. The van der Waals surface area contributed by atoms with E-state index in [2.05, 4.69) is 43.9 Å². The van der Waals surface area contributed by atoms with Gasteiger partial charge in [0.15, 0.2) is 0 Å². The first-order chi connectivity index (χ1) is 6.24. The molecule has 0 bridgehead atoms. The zero-order chi connectivity index (χ0) is 9.68. The molecule has 1 rings (SSSR count). The second-order valence-electron chi connectivity index (χ2n) is 3.06. The zero-order valence-corrected chi connectivity index (χ0v) is 8.78. The normalized spacial score (nSPS) is 9.15. The highest BCUT2D eigenvalue weighted by molar-refractivity contribution is 6.18. The molecule has 0 atom stereocenters. The van der Waals surface area contributed by atoms with E-state index in [0.29, 0.717) is 5.88 Å². The highest BCUT2D eigenvalue weighted by atomic mass is 35.5. The molecule has 1 heteroatoms. The summed E-state index contributed by atoms with van der Waals surface area (Å²) in [4.78, 5) is 0. The van der Waals surface area contributed by atoms with E-state index in [1.165, 1.54) is 11.1 Å². The lowest BCUT2D eigenvalue weighted by Gasteiger charge is -1.98. The van der Waals surface area contributed by atoms with Crippen LogP contribution in [0, 0.1) is 25.7 Å². The molecule has 13 heavy (non-hydrogen) atoms. The van der Waals surface area contributed by atoms with E-state index < -0.39 is 0 Å². The van der Waals surface area contributed by atoms with Crippen LogP contribution in [0.4, 0.5) is 0 Å². The fourth-order valence-electron chi connectivity index (χ4n) is 1.16. The molecule has 0 unspecified atom stereocenters. The van der Waals surface area contributed by atoms with Crippen molar-refractivity contribution in [1.29, 1.82) is 0 Å². The minimum atomic E-state index is 0.609. The van der Waals surface area contributed by atoms with Crippen LogP contribution in [0.25, 0.3) is 0 Å². The summed E-state index contributed by atoms with van der Waals surface area (Å²) in [6.07, 6.45) is 0.759. The Hall–Kier alpha value is -0.930. The van der Waals surface area contributed by atoms with Crippen molar-refractivity contribution in [2.45, 2.75) is 20.3 Å². The van der Waals surface area contributed by atoms with Gasteiger partial charge in [0.2, 0.25) is 0 Å². The lowest BCUT2D eigenvalue weighted by molar-refractivity contribution is 1.28. The first kappa shape index (κ1) is 10.2. The summed E-state index contributed by atoms with van der Waals surface area (Å²) in [5.41, 5.74) is 3.62. The van der Waals surface area contributed by atoms with Gasteiger partial charge in [0.25, 0.3) is 0 Å². The molecule has 0 aliphatic carbocycles. The third kappa shape index (κ3) is 3.13. The maximum Gasteiger partial charge on any atom is 0.0333 e. The van der Waals surface area contributed by atoms with Gasteiger partial charge >= 0.3 is 0 Å². The molecule has 0 aliphatic rings. The lowest BCUT2D eigenvalue weighted by Crippen LogP contribution is -1.83. The molecule has 0 spiro atoms. The van der Waals surface area contributed by atoms with Crippen molar-refractivity contribution in [1.82, 2.24) is 0 Å². The third-order valence-electron chi connectivity index (χ3n) is 1.82. The summed E-state index contributed by atoms with van der Waals surface area (Å²) < 4.78 is 0. The molecule has 0 aliphatic heterocycles. The van der Waals surface area contributed by atoms with Crippen LogP contribution in [-0.4, -0.2) is 5.88 Å². The molecule has 0 N–H and O–H groups in total. The van der Waals surface area contributed by atoms with Gasteiger partial charge in [-0.15, -0.1) is 11.6 Å². The Kier molecular flexibility index (Phi) is 3.86. The molecule has 0 heterocycles. The molecular weight excluding hydrogens is 180 g/mol. The third-order valence-corrected chi connectivity index (χ3v) is 2.01. The summed E-state index contributed by atoms with van der Waals surface area (Å²) in [5, 5.41) is 0. The first-order valence-corrected chi connectivity index (χ1v) is 4.89. The largest absolute Gasteiger partial charge is 0.126 e. The van der Waals surface area contributed by atoms with Gasteiger partial charge in [0.1, 0.15) is 0 Å². The predicted octanol–water partition coefficient (Wildman–Crippen LogP) is 3.28. The molecule has 0 aromatic heterocycles. The molecule has 68 valence electrons. The fraction of sp³-hybridized carbons (Fsp3) is 0.333. The molecule has 0 saturated heterocycles. The number of aryl methyl sites for hydroxylation is 2. The molecule has 0 saturated carbocycles. The van der Waals surface area contributed by atoms with E-state index >= 15 is 0 Å². The van der Waals surface area contributed by atoms with Crippen molar-refractivity contribution in [2.24, 2.45) is 0 Å². The molecule has 0 nitrogen and oxygen atoms in total. The van der Waals surface area contributed by atoms with Crippen molar-refractivity contribution in [3.8, 4) is 11.8 Å². The monoisotopic (exact) mass is 192 g/mol. The van der Waals surface area contributed by atoms with Crippen molar-refractivity contribution in [2.75, 3.05) is 5.88 Å². The van der Waals surface area contributed by atoms with E-state index in [-0.39, 0.29) is 0 Å². The molecule has 0 radical (unpaired) electrons. The van der Waals surface area contributed by atoms with Crippen LogP contribution in [0.5, 0.6) is 0 Å². The average molecular weight is 193 g/mol. The Balaban J connectivity index is 2.85. The van der Waals surface area contributed by atoms with Crippen LogP contribution in [0.2, 0.25) is 0 Å². The van der Waals surface area contributed by atoms with E-state index in [1.54, 1.807) is 0 Å². The number of hydrogen-bond donors (Lipinski definition) is 0. The van der Waals surface area contributed by atoms with Gasteiger partial charge in [-0.2, -0.15) is 0 Å². The molecule has 1 aromatic rings. The summed E-state index contributed by atoms with van der Waals surface area (Å²) in [7, 11) is 0. The quantitative estimate of drug-likeness (QED) is 0.473. The Morgan fingerprint density at radius 1 is 1.31 bits per heavy atom. The van der Waals surface area contributed by atoms with E-state index in [4.69, 9.17) is 11.6 Å². The predicted molar refractivity (Wildman–Crippen MR) is 58.1 cm³/mol. The number of alkyl halides is 1. The number of benzene rings is 1. The maximum absolute atomic E-state index is 5.53. The van der Waals surface area contributed by atoms with Gasteiger partial charge in [-0.05, 0) is 25.5 Å². The molecular formula is C12H13Cl. The average Bonchev–Trinajstić information content (AvgIpc) is 2.09. The van der Waals surface area contributed by atoms with E-state index in [1.807, 2.05) is 0 Å². The minimum absolute atomic E-state index is 0.609. The summed E-state index contributed by atoms with van der Waals surface area (Å²) >= 11 is 5.53. The summed E-state index contributed by atoms with van der Waals surface area (Å²) in [6, 6.07) is 6.29. The highest BCUT2D eigenvalue weighted by Crippen LogP contribution is 2.08. The van der Waals surface area contributed by atoms with Gasteiger partial charge in [-0.3, -0.25) is 0 Å². The maximum atomic E-state index is 5.53. The Morgan fingerprint density at radius 2 is 2.08 bits per heavy atom. The summed E-state index contributed by atoms with van der Waals surface area (Å²) in [5.74, 6) is 6.75. The second kappa shape index (κ2) is 4.94. The van der Waals surface area contributed by atoms with E-state index in [0.717, 1.165) is 12.0 Å². The summed E-state index contributed by atoms with van der Waals surface area (Å²) in [6.45, 7) is 4.17. The number of rotatable bonds is 1. The SMILES string of the molecule is Cc1ccc(C#CCCCl)c(C)c1. The Labute approximate surface area is 84.9 Å². The minimum Gasteiger partial charge on any atom is -0.126 e. The number of halogens is 1. The van der Waals surface area contributed by atoms with Gasteiger partial charge in [-0.25, -0.2) is 0 Å². The molecule has 0 fully saturated rings. The van der Waals surface area contributed by atoms with Gasteiger partial charge < -0.3 is 0 Å². The van der Waals surface area contributed by atoms with Crippen LogP contribution in [0.15, 0.2) is 18.2 Å². The van der Waals surface area contributed by atoms with Crippen molar-refractivity contribution < 1.29 is 0 Å². The zero-order valence-electron chi connectivity index (χ0n) is 8.02. The van der Waals surface area contributed by atoms with Crippen molar-refractivity contribution in [3.63, 3.8) is 0 Å². The second-order valence-corrected chi connectivity index (χ2v) is 3.44. The standard InChI is InChI=1S/C12H13Cl/c1-10-6-7-12(11(2)9-10)5-3-4-8-13/h6-7,9H,4,8H2,1-2H3. The van der Waals surface area contributed by atoms with Gasteiger partial charge in [0, 0.05) is 17.9 Å². The first-order valence-electron chi connectivity index (χ1n) is 4.36. The van der Waals surface area contributed by atoms with Crippen LogP contribution < -0.4 is 0 Å². The fourth-order valence-corrected chi connectivity index (χ4v) is 1.25. The Bertz CT molecular complexity index is 342. The smallest absolute Gasteiger partial charge is 0.0333 e. The van der Waals surface area contributed by atoms with Gasteiger partial charge in [-0.1, -0.05) is 29.5 Å². The van der Waals surface area contributed by atoms with Crippen LogP contribution in [-0.2, 0) is 0 Å².